The Bertz CT molecular complexity index is 918. The van der Waals surface area contributed by atoms with E-state index in [1.54, 1.807) is 16.9 Å². The summed E-state index contributed by atoms with van der Waals surface area (Å²) >= 11 is 5.95. The van der Waals surface area contributed by atoms with Crippen LogP contribution in [0.3, 0.4) is 0 Å². The van der Waals surface area contributed by atoms with Crippen LogP contribution in [0.5, 0.6) is 0 Å². The predicted molar refractivity (Wildman–Crippen MR) is 90.6 cm³/mol. The molecule has 0 aliphatic rings. The summed E-state index contributed by atoms with van der Waals surface area (Å²) < 4.78 is 2.94. The third-order valence-corrected chi connectivity index (χ3v) is 3.57. The van der Waals surface area contributed by atoms with Gasteiger partial charge in [-0.05, 0) is 17.7 Å². The number of benzene rings is 1. The molecule has 2 N–H and O–H groups in total. The van der Waals surface area contributed by atoms with E-state index in [0.29, 0.717) is 17.3 Å². The van der Waals surface area contributed by atoms with E-state index in [9.17, 15) is 9.59 Å². The topological polar surface area (TPSA) is 102 Å². The van der Waals surface area contributed by atoms with Gasteiger partial charge in [0.1, 0.15) is 6.54 Å². The number of carboxylic acids is 1. The lowest BCUT2D eigenvalue weighted by Gasteiger charge is -2.03. The molecular formula is C16H14ClN5O3. The predicted octanol–water partition coefficient (Wildman–Crippen LogP) is 2.12. The molecule has 0 saturated carbocycles. The van der Waals surface area contributed by atoms with Crippen molar-refractivity contribution in [2.24, 2.45) is 0 Å². The van der Waals surface area contributed by atoms with Crippen LogP contribution in [0.4, 0.5) is 5.69 Å². The minimum absolute atomic E-state index is 0.0298. The SMILES string of the molecule is O=C(Cn1cc(C(=O)O)cn1)Nc1cnn(Cc2cccc(Cl)c2)c1. The number of amides is 1. The maximum Gasteiger partial charge on any atom is 0.338 e. The quantitative estimate of drug-likeness (QED) is 0.701. The second kappa shape index (κ2) is 7.18. The monoisotopic (exact) mass is 359 g/mol. The first-order valence-corrected chi connectivity index (χ1v) is 7.70. The van der Waals surface area contributed by atoms with Gasteiger partial charge in [0.2, 0.25) is 5.91 Å². The molecule has 0 saturated heterocycles. The molecule has 128 valence electrons. The van der Waals surface area contributed by atoms with Crippen molar-refractivity contribution < 1.29 is 14.7 Å². The van der Waals surface area contributed by atoms with E-state index >= 15 is 0 Å². The molecule has 0 aliphatic carbocycles. The smallest absolute Gasteiger partial charge is 0.338 e. The van der Waals surface area contributed by atoms with Gasteiger partial charge in [-0.2, -0.15) is 10.2 Å². The Labute approximate surface area is 147 Å². The third-order valence-electron chi connectivity index (χ3n) is 3.34. The fourth-order valence-electron chi connectivity index (χ4n) is 2.25. The molecule has 3 rings (SSSR count). The Morgan fingerprint density at radius 3 is 2.68 bits per heavy atom. The molecular weight excluding hydrogens is 346 g/mol. The lowest BCUT2D eigenvalue weighted by atomic mass is 10.2. The molecule has 2 aromatic heterocycles. The summed E-state index contributed by atoms with van der Waals surface area (Å²) in [6, 6.07) is 7.44. The van der Waals surface area contributed by atoms with Crippen LogP contribution in [0.1, 0.15) is 15.9 Å². The van der Waals surface area contributed by atoms with Crippen LogP contribution in [0.2, 0.25) is 5.02 Å². The van der Waals surface area contributed by atoms with Crippen LogP contribution in [-0.4, -0.2) is 36.5 Å². The van der Waals surface area contributed by atoms with E-state index in [0.717, 1.165) is 5.56 Å². The lowest BCUT2D eigenvalue weighted by molar-refractivity contribution is -0.116. The number of nitrogens with one attached hydrogen (secondary N) is 1. The summed E-state index contributed by atoms with van der Waals surface area (Å²) in [4.78, 5) is 22.8. The van der Waals surface area contributed by atoms with E-state index in [2.05, 4.69) is 15.5 Å². The van der Waals surface area contributed by atoms with Crippen molar-refractivity contribution in [2.75, 3.05) is 5.32 Å². The van der Waals surface area contributed by atoms with E-state index < -0.39 is 5.97 Å². The third kappa shape index (κ3) is 4.45. The molecule has 0 radical (unpaired) electrons. The Morgan fingerprint density at radius 2 is 1.96 bits per heavy atom. The van der Waals surface area contributed by atoms with Gasteiger partial charge in [0.15, 0.2) is 0 Å². The molecule has 1 amide bonds. The highest BCUT2D eigenvalue weighted by atomic mass is 35.5. The van der Waals surface area contributed by atoms with Crippen molar-refractivity contribution in [3.63, 3.8) is 0 Å². The molecule has 0 unspecified atom stereocenters. The van der Waals surface area contributed by atoms with Crippen molar-refractivity contribution in [2.45, 2.75) is 13.1 Å². The van der Waals surface area contributed by atoms with Gasteiger partial charge >= 0.3 is 5.97 Å². The minimum Gasteiger partial charge on any atom is -0.478 e. The summed E-state index contributed by atoms with van der Waals surface area (Å²) in [5.41, 5.74) is 1.56. The first kappa shape index (κ1) is 16.7. The number of carbonyl (C=O) groups excluding carboxylic acids is 1. The molecule has 9 heteroatoms. The van der Waals surface area contributed by atoms with E-state index in [1.807, 2.05) is 18.2 Å². The minimum atomic E-state index is -1.09. The van der Waals surface area contributed by atoms with Crippen molar-refractivity contribution in [3.8, 4) is 0 Å². The summed E-state index contributed by atoms with van der Waals surface area (Å²) in [6.45, 7) is 0.435. The lowest BCUT2D eigenvalue weighted by Crippen LogP contribution is -2.18. The molecule has 0 aliphatic heterocycles. The van der Waals surface area contributed by atoms with Crippen LogP contribution >= 0.6 is 11.6 Å². The van der Waals surface area contributed by atoms with E-state index in [4.69, 9.17) is 16.7 Å². The zero-order chi connectivity index (χ0) is 17.8. The number of hydrogen-bond donors (Lipinski definition) is 2. The number of anilines is 1. The molecule has 0 atom stereocenters. The van der Waals surface area contributed by atoms with Gasteiger partial charge in [0, 0.05) is 17.4 Å². The number of carbonyl (C=O) groups is 2. The van der Waals surface area contributed by atoms with Gasteiger partial charge in [-0.25, -0.2) is 4.79 Å². The second-order valence-corrected chi connectivity index (χ2v) is 5.77. The van der Waals surface area contributed by atoms with Gasteiger partial charge in [-0.1, -0.05) is 23.7 Å². The first-order valence-electron chi connectivity index (χ1n) is 7.32. The van der Waals surface area contributed by atoms with Crippen LogP contribution in [0, 0.1) is 0 Å². The van der Waals surface area contributed by atoms with Crippen molar-refractivity contribution in [1.29, 1.82) is 0 Å². The largest absolute Gasteiger partial charge is 0.478 e. The summed E-state index contributed by atoms with van der Waals surface area (Å²) in [6.07, 6.45) is 5.72. The summed E-state index contributed by atoms with van der Waals surface area (Å²) in [5.74, 6) is -1.42. The van der Waals surface area contributed by atoms with Crippen LogP contribution < -0.4 is 5.32 Å². The number of carboxylic acid groups (broad SMARTS) is 1. The summed E-state index contributed by atoms with van der Waals surface area (Å²) in [7, 11) is 0. The number of hydrogen-bond acceptors (Lipinski definition) is 4. The number of aromatic carboxylic acids is 1. The maximum atomic E-state index is 12.0. The van der Waals surface area contributed by atoms with Gasteiger partial charge < -0.3 is 10.4 Å². The molecule has 0 spiro atoms. The highest BCUT2D eigenvalue weighted by Gasteiger charge is 2.10. The standard InChI is InChI=1S/C16H14ClN5O3/c17-13-3-1-2-11(4-13)7-21-9-14(6-19-21)20-15(23)10-22-8-12(5-18-22)16(24)25/h1-6,8-9H,7,10H2,(H,20,23)(H,24,25). The fourth-order valence-corrected chi connectivity index (χ4v) is 2.46. The van der Waals surface area contributed by atoms with Gasteiger partial charge in [0.25, 0.3) is 0 Å². The van der Waals surface area contributed by atoms with Crippen molar-refractivity contribution in [3.05, 3.63) is 65.2 Å². The molecule has 3 aromatic rings. The van der Waals surface area contributed by atoms with Crippen LogP contribution in [-0.2, 0) is 17.9 Å². The van der Waals surface area contributed by atoms with Gasteiger partial charge in [-0.15, -0.1) is 0 Å². The fraction of sp³-hybridized carbons (Fsp3) is 0.125. The average molecular weight is 360 g/mol. The molecule has 0 bridgehead atoms. The van der Waals surface area contributed by atoms with Crippen molar-refractivity contribution >= 4 is 29.2 Å². The molecule has 2 heterocycles. The van der Waals surface area contributed by atoms with E-state index in [-0.39, 0.29) is 18.0 Å². The highest BCUT2D eigenvalue weighted by molar-refractivity contribution is 6.30. The van der Waals surface area contributed by atoms with E-state index in [1.165, 1.54) is 23.3 Å². The molecule has 25 heavy (non-hydrogen) atoms. The Morgan fingerprint density at radius 1 is 1.16 bits per heavy atom. The van der Waals surface area contributed by atoms with Crippen molar-refractivity contribution in [1.82, 2.24) is 19.6 Å². The molecule has 8 nitrogen and oxygen atoms in total. The highest BCUT2D eigenvalue weighted by Crippen LogP contribution is 2.13. The van der Waals surface area contributed by atoms with Crippen LogP contribution in [0.25, 0.3) is 0 Å². The number of rotatable bonds is 6. The Balaban J connectivity index is 1.58. The Hall–Kier alpha value is -3.13. The second-order valence-electron chi connectivity index (χ2n) is 5.34. The molecule has 1 aromatic carbocycles. The number of aromatic nitrogens is 4. The van der Waals surface area contributed by atoms with Gasteiger partial charge in [-0.3, -0.25) is 14.2 Å². The Kier molecular flexibility index (Phi) is 4.80. The number of nitrogens with zero attached hydrogens (tertiary/aromatic N) is 4. The number of halogens is 1. The molecule has 0 fully saturated rings. The van der Waals surface area contributed by atoms with Gasteiger partial charge in [0.05, 0.1) is 30.2 Å². The zero-order valence-electron chi connectivity index (χ0n) is 13.0. The normalized spacial score (nSPS) is 10.6. The zero-order valence-corrected chi connectivity index (χ0v) is 13.7. The average Bonchev–Trinajstić information content (AvgIpc) is 3.17. The van der Waals surface area contributed by atoms with Crippen LogP contribution in [0.15, 0.2) is 49.1 Å². The maximum absolute atomic E-state index is 12.0. The summed E-state index contributed by atoms with van der Waals surface area (Å²) in [5, 5.41) is 20.2. The first-order chi connectivity index (χ1) is 12.0.